The van der Waals surface area contributed by atoms with Crippen LogP contribution in [0.5, 0.6) is 0 Å². The van der Waals surface area contributed by atoms with Crippen molar-refractivity contribution in [1.29, 1.82) is 0 Å². The largest absolute Gasteiger partial charge is 0.467 e. The van der Waals surface area contributed by atoms with Gasteiger partial charge in [0.1, 0.15) is 0 Å². The van der Waals surface area contributed by atoms with Crippen molar-refractivity contribution in [3.63, 3.8) is 0 Å². The van der Waals surface area contributed by atoms with Crippen molar-refractivity contribution in [2.24, 2.45) is 5.92 Å². The van der Waals surface area contributed by atoms with Gasteiger partial charge in [-0.2, -0.15) is 0 Å². The molecule has 5 heteroatoms. The third-order valence-electron chi connectivity index (χ3n) is 3.04. The second-order valence-corrected chi connectivity index (χ2v) is 4.54. The lowest BCUT2D eigenvalue weighted by molar-refractivity contribution is -0.160. The Labute approximate surface area is 103 Å². The second kappa shape index (κ2) is 7.63. The number of hydrogen-bond donors (Lipinski definition) is 3. The number of rotatable bonds is 8. The van der Waals surface area contributed by atoms with Gasteiger partial charge in [0, 0.05) is 13.1 Å². The number of aliphatic hydroxyl groups is 2. The number of methoxy groups -OCH3 is 1. The molecule has 17 heavy (non-hydrogen) atoms. The second-order valence-electron chi connectivity index (χ2n) is 4.54. The minimum atomic E-state index is -1.55. The molecule has 2 unspecified atom stereocenters. The van der Waals surface area contributed by atoms with Crippen molar-refractivity contribution >= 4 is 5.97 Å². The molecule has 0 saturated carbocycles. The highest BCUT2D eigenvalue weighted by Crippen LogP contribution is 2.12. The van der Waals surface area contributed by atoms with Crippen LogP contribution in [-0.4, -0.2) is 48.1 Å². The van der Waals surface area contributed by atoms with Gasteiger partial charge < -0.3 is 20.3 Å². The molecular weight excluding hydrogens is 222 g/mol. The predicted octanol–water partition coefficient (Wildman–Crippen LogP) is 0.297. The summed E-state index contributed by atoms with van der Waals surface area (Å²) in [7, 11) is 1.23. The van der Waals surface area contributed by atoms with Gasteiger partial charge >= 0.3 is 5.97 Å². The number of carbonyl (C=O) groups is 1. The maximum absolute atomic E-state index is 11.2. The third kappa shape index (κ3) is 5.48. The van der Waals surface area contributed by atoms with Gasteiger partial charge in [-0.3, -0.25) is 0 Å². The number of ether oxygens (including phenoxy) is 1. The average molecular weight is 247 g/mol. The summed E-state index contributed by atoms with van der Waals surface area (Å²) in [5.41, 5.74) is -1.55. The van der Waals surface area contributed by atoms with Crippen LogP contribution >= 0.6 is 0 Å². The lowest BCUT2D eigenvalue weighted by Gasteiger charge is -2.24. The molecule has 0 rings (SSSR count). The summed E-state index contributed by atoms with van der Waals surface area (Å²) in [5.74, 6) is -0.437. The minimum absolute atomic E-state index is 0.0664. The molecule has 0 fully saturated rings. The van der Waals surface area contributed by atoms with Crippen LogP contribution in [0.2, 0.25) is 0 Å². The Kier molecular flexibility index (Phi) is 7.34. The maximum Gasteiger partial charge on any atom is 0.338 e. The molecule has 2 atom stereocenters. The summed E-state index contributed by atoms with van der Waals surface area (Å²) in [6.45, 7) is 5.87. The zero-order chi connectivity index (χ0) is 13.5. The number of nitrogens with one attached hydrogen (secondary N) is 1. The molecule has 0 radical (unpaired) electrons. The number of aliphatic hydroxyl groups excluding tert-OH is 1. The molecule has 0 bridgehead atoms. The highest BCUT2D eigenvalue weighted by atomic mass is 16.5. The Morgan fingerprint density at radius 3 is 2.35 bits per heavy atom. The van der Waals surface area contributed by atoms with Crippen molar-refractivity contribution in [3.8, 4) is 0 Å². The Hall–Kier alpha value is -0.650. The molecule has 0 amide bonds. The molecule has 3 N–H and O–H groups in total. The molecule has 0 aliphatic carbocycles. The van der Waals surface area contributed by atoms with Gasteiger partial charge in [0.05, 0.1) is 13.2 Å². The van der Waals surface area contributed by atoms with Crippen LogP contribution in [0.25, 0.3) is 0 Å². The van der Waals surface area contributed by atoms with E-state index < -0.39 is 17.7 Å². The van der Waals surface area contributed by atoms with Crippen LogP contribution in [0.1, 0.15) is 33.6 Å². The fraction of sp³-hybridized carbons (Fsp3) is 0.917. The van der Waals surface area contributed by atoms with Gasteiger partial charge in [-0.25, -0.2) is 4.79 Å². The zero-order valence-corrected chi connectivity index (χ0v) is 11.2. The molecule has 0 aliphatic heterocycles. The Morgan fingerprint density at radius 1 is 1.41 bits per heavy atom. The highest BCUT2D eigenvalue weighted by molar-refractivity contribution is 5.78. The fourth-order valence-corrected chi connectivity index (χ4v) is 1.75. The quantitative estimate of drug-likeness (QED) is 0.538. The van der Waals surface area contributed by atoms with Gasteiger partial charge in [0.2, 0.25) is 0 Å². The van der Waals surface area contributed by atoms with Gasteiger partial charge in [-0.15, -0.1) is 0 Å². The lowest BCUT2D eigenvalue weighted by atomic mass is 9.96. The smallest absolute Gasteiger partial charge is 0.338 e. The summed E-state index contributed by atoms with van der Waals surface area (Å²) in [4.78, 5) is 11.2. The van der Waals surface area contributed by atoms with Crippen LogP contribution in [0.3, 0.4) is 0 Å². The molecule has 0 aliphatic rings. The summed E-state index contributed by atoms with van der Waals surface area (Å²) in [5, 5.41) is 22.5. The molecule has 0 spiro atoms. The summed E-state index contributed by atoms with van der Waals surface area (Å²) >= 11 is 0. The molecule has 0 aromatic rings. The number of esters is 1. The van der Waals surface area contributed by atoms with Crippen LogP contribution in [0, 0.1) is 5.92 Å². The Bertz CT molecular complexity index is 227. The van der Waals surface area contributed by atoms with Crippen LogP contribution in [0.4, 0.5) is 0 Å². The topological polar surface area (TPSA) is 78.8 Å². The first kappa shape index (κ1) is 16.4. The van der Waals surface area contributed by atoms with Crippen LogP contribution < -0.4 is 5.32 Å². The van der Waals surface area contributed by atoms with Crippen molar-refractivity contribution in [2.75, 3.05) is 20.2 Å². The van der Waals surface area contributed by atoms with E-state index in [9.17, 15) is 15.0 Å². The van der Waals surface area contributed by atoms with Gasteiger partial charge in [-0.05, 0) is 12.8 Å². The van der Waals surface area contributed by atoms with Crippen molar-refractivity contribution < 1.29 is 19.7 Å². The SMILES string of the molecule is CCC(CC)C(O)CNCC(C)(O)C(=O)OC. The molecular formula is C12H25NO4. The van der Waals surface area contributed by atoms with Gasteiger partial charge in [0.15, 0.2) is 5.60 Å². The Balaban J connectivity index is 4.02. The molecule has 5 nitrogen and oxygen atoms in total. The molecule has 0 saturated heterocycles. The molecule has 0 heterocycles. The summed E-state index contributed by atoms with van der Waals surface area (Å²) in [6.07, 6.45) is 1.36. The first-order valence-electron chi connectivity index (χ1n) is 6.08. The predicted molar refractivity (Wildman–Crippen MR) is 65.6 cm³/mol. The average Bonchev–Trinajstić information content (AvgIpc) is 2.29. The number of carbonyl (C=O) groups excluding carboxylic acids is 1. The molecule has 102 valence electrons. The van der Waals surface area contributed by atoms with Crippen molar-refractivity contribution in [1.82, 2.24) is 5.32 Å². The summed E-state index contributed by atoms with van der Waals surface area (Å²) < 4.78 is 4.47. The number of hydrogen-bond acceptors (Lipinski definition) is 5. The first-order valence-corrected chi connectivity index (χ1v) is 6.08. The van der Waals surface area contributed by atoms with E-state index in [0.717, 1.165) is 12.8 Å². The first-order chi connectivity index (χ1) is 7.88. The van der Waals surface area contributed by atoms with E-state index in [1.54, 1.807) is 0 Å². The van der Waals surface area contributed by atoms with Crippen molar-refractivity contribution in [2.45, 2.75) is 45.3 Å². The van der Waals surface area contributed by atoms with E-state index in [1.165, 1.54) is 14.0 Å². The minimum Gasteiger partial charge on any atom is -0.467 e. The molecule has 0 aromatic carbocycles. The Morgan fingerprint density at radius 2 is 1.94 bits per heavy atom. The normalized spacial score (nSPS) is 16.6. The maximum atomic E-state index is 11.2. The van der Waals surface area contributed by atoms with E-state index in [2.05, 4.69) is 10.1 Å². The van der Waals surface area contributed by atoms with E-state index in [4.69, 9.17) is 0 Å². The van der Waals surface area contributed by atoms with E-state index in [0.29, 0.717) is 6.54 Å². The zero-order valence-electron chi connectivity index (χ0n) is 11.2. The lowest BCUT2D eigenvalue weighted by Crippen LogP contribution is -2.47. The van der Waals surface area contributed by atoms with Gasteiger partial charge in [-0.1, -0.05) is 26.7 Å². The monoisotopic (exact) mass is 247 g/mol. The summed E-state index contributed by atoms with van der Waals surface area (Å²) in [6, 6.07) is 0. The fourth-order valence-electron chi connectivity index (χ4n) is 1.75. The molecule has 0 aromatic heterocycles. The highest BCUT2D eigenvalue weighted by Gasteiger charge is 2.31. The van der Waals surface area contributed by atoms with Crippen molar-refractivity contribution in [3.05, 3.63) is 0 Å². The van der Waals surface area contributed by atoms with E-state index in [1.807, 2.05) is 13.8 Å². The van der Waals surface area contributed by atoms with E-state index >= 15 is 0 Å². The van der Waals surface area contributed by atoms with Crippen LogP contribution in [0.15, 0.2) is 0 Å². The standard InChI is InChI=1S/C12H25NO4/c1-5-9(6-2)10(14)7-13-8-12(3,16)11(15)17-4/h9-10,13-14,16H,5-8H2,1-4H3. The van der Waals surface area contributed by atoms with Gasteiger partial charge in [0.25, 0.3) is 0 Å². The van der Waals surface area contributed by atoms with Crippen LogP contribution in [-0.2, 0) is 9.53 Å². The third-order valence-corrected chi connectivity index (χ3v) is 3.04. The van der Waals surface area contributed by atoms with E-state index in [-0.39, 0.29) is 12.5 Å².